The van der Waals surface area contributed by atoms with Crippen molar-refractivity contribution < 1.29 is 19.8 Å². The molecule has 0 atom stereocenters. The number of hydrogen-bond acceptors (Lipinski definition) is 3. The molecule has 0 aliphatic carbocycles. The third-order valence-electron chi connectivity index (χ3n) is 1.16. The molecule has 2 heterocycles. The standard InChI is InChI=1S/C9H11BrN2O/c1-12-5-7(6-12)13-9-4-2-3-8(10)11-9/h2-4,7H,5-6H2,1H3/i1D3,2D,3D,4D,5D2,6D2,7D. The third kappa shape index (κ3) is 2.19. The summed E-state index contributed by atoms with van der Waals surface area (Å²) in [4.78, 5) is 3.49. The zero-order valence-corrected chi connectivity index (χ0v) is 7.77. The lowest BCUT2D eigenvalue weighted by atomic mass is 10.2. The minimum absolute atomic E-state index is 0.112. The van der Waals surface area contributed by atoms with Gasteiger partial charge in [-0.05, 0) is 28.9 Å². The van der Waals surface area contributed by atoms with E-state index in [2.05, 4.69) is 20.9 Å². The largest absolute Gasteiger partial charge is 0.472 e. The predicted molar refractivity (Wildman–Crippen MR) is 53.9 cm³/mol. The van der Waals surface area contributed by atoms with Crippen LogP contribution in [0.4, 0.5) is 0 Å². The molecular formula is C9H11BrN2O. The molecule has 2 rings (SSSR count). The Morgan fingerprint density at radius 1 is 1.92 bits per heavy atom. The molecule has 0 amide bonds. The van der Waals surface area contributed by atoms with E-state index in [1.54, 1.807) is 0 Å². The molecule has 1 aromatic heterocycles. The van der Waals surface area contributed by atoms with Crippen LogP contribution in [0.25, 0.3) is 0 Å². The van der Waals surface area contributed by atoms with Crippen molar-refractivity contribution in [3.05, 3.63) is 22.7 Å². The first-order chi connectivity index (χ1) is 10.6. The first-order valence-corrected chi connectivity index (χ1v) is 4.01. The number of aromatic nitrogens is 1. The fraction of sp³-hybridized carbons (Fsp3) is 0.444. The smallest absolute Gasteiger partial charge is 0.214 e. The summed E-state index contributed by atoms with van der Waals surface area (Å²) >= 11 is 2.85. The Balaban J connectivity index is 2.51. The van der Waals surface area contributed by atoms with E-state index in [4.69, 9.17) is 19.8 Å². The van der Waals surface area contributed by atoms with Crippen LogP contribution in [-0.2, 0) is 0 Å². The summed E-state index contributed by atoms with van der Waals surface area (Å²) in [5, 5.41) is 0. The summed E-state index contributed by atoms with van der Waals surface area (Å²) in [5.74, 6) is -0.754. The Kier molecular flexibility index (Phi) is 0.756. The summed E-state index contributed by atoms with van der Waals surface area (Å²) in [7, 11) is 0. The topological polar surface area (TPSA) is 25.4 Å². The van der Waals surface area contributed by atoms with Crippen LogP contribution in [-0.4, -0.2) is 35.9 Å². The van der Waals surface area contributed by atoms with E-state index in [0.29, 0.717) is 0 Å². The highest BCUT2D eigenvalue weighted by Gasteiger charge is 2.25. The second-order valence-electron chi connectivity index (χ2n) is 2.07. The van der Waals surface area contributed by atoms with Gasteiger partial charge in [0.2, 0.25) is 5.88 Å². The van der Waals surface area contributed by atoms with E-state index < -0.39 is 50.1 Å². The maximum Gasteiger partial charge on any atom is 0.214 e. The lowest BCUT2D eigenvalue weighted by molar-refractivity contribution is 0.0355. The summed E-state index contributed by atoms with van der Waals surface area (Å²) in [6.45, 7) is -9.29. The second-order valence-corrected chi connectivity index (χ2v) is 2.82. The zero-order chi connectivity index (χ0) is 18.9. The molecule has 3 nitrogen and oxygen atoms in total. The highest BCUT2D eigenvalue weighted by molar-refractivity contribution is 9.10. The van der Waals surface area contributed by atoms with Gasteiger partial charge in [-0.25, -0.2) is 4.98 Å². The van der Waals surface area contributed by atoms with Crippen LogP contribution in [0.1, 0.15) is 15.1 Å². The molecular weight excluding hydrogens is 232 g/mol. The maximum atomic E-state index is 8.00. The number of halogens is 1. The van der Waals surface area contributed by atoms with Crippen LogP contribution in [0.15, 0.2) is 22.7 Å². The first kappa shape index (κ1) is 2.70. The molecule has 0 unspecified atom stereocenters. The molecule has 70 valence electrons. The number of likely N-dealkylation sites (N-methyl/N-ethyl adjacent to an activating group) is 1. The van der Waals surface area contributed by atoms with Gasteiger partial charge in [-0.15, -0.1) is 0 Å². The van der Waals surface area contributed by atoms with Gasteiger partial charge < -0.3 is 4.74 Å². The van der Waals surface area contributed by atoms with Crippen molar-refractivity contribution in [2.45, 2.75) is 6.08 Å². The molecule has 1 fully saturated rings. The van der Waals surface area contributed by atoms with E-state index >= 15 is 0 Å². The van der Waals surface area contributed by atoms with Gasteiger partial charge in [0.25, 0.3) is 0 Å². The van der Waals surface area contributed by atoms with Crippen molar-refractivity contribution in [2.24, 2.45) is 0 Å². The van der Waals surface area contributed by atoms with Crippen molar-refractivity contribution in [2.75, 3.05) is 20.0 Å². The van der Waals surface area contributed by atoms with Crippen LogP contribution in [0.5, 0.6) is 5.88 Å². The molecule has 0 spiro atoms. The first-order valence-electron chi connectivity index (χ1n) is 8.72. The third-order valence-corrected chi connectivity index (χ3v) is 1.54. The Morgan fingerprint density at radius 3 is 3.54 bits per heavy atom. The molecule has 0 N–H and O–H groups in total. The van der Waals surface area contributed by atoms with E-state index in [1.807, 2.05) is 0 Å². The summed E-state index contributed by atoms with van der Waals surface area (Å²) in [6.07, 6.45) is -3.05. The van der Waals surface area contributed by atoms with Crippen molar-refractivity contribution in [3.63, 3.8) is 0 Å². The average molecular weight is 254 g/mol. The molecule has 0 aromatic carbocycles. The van der Waals surface area contributed by atoms with Crippen LogP contribution in [0.2, 0.25) is 0 Å². The number of pyridine rings is 1. The van der Waals surface area contributed by atoms with Crippen LogP contribution >= 0.6 is 15.9 Å². The van der Waals surface area contributed by atoms with Crippen molar-refractivity contribution in [3.8, 4) is 5.88 Å². The molecule has 1 aromatic rings. The SMILES string of the molecule is [2H]c1c(Br)nc(OC2([2H])C([2H])([2H])N(C([2H])([2H])[2H])C2([2H])[2H])c([2H])c1[2H]. The molecule has 1 aliphatic rings. The summed E-state index contributed by atoms with van der Waals surface area (Å²) < 4.78 is 88.1. The fourth-order valence-electron chi connectivity index (χ4n) is 0.675. The number of likely N-dealkylation sites (tertiary alicyclic amines) is 1. The Morgan fingerprint density at radius 2 is 2.77 bits per heavy atom. The minimum atomic E-state index is -3.16. The Labute approximate surface area is 101 Å². The monoisotopic (exact) mass is 253 g/mol. The molecule has 13 heavy (non-hydrogen) atoms. The normalized spacial score (nSPS) is 41.8. The quantitative estimate of drug-likeness (QED) is 0.748. The highest BCUT2D eigenvalue weighted by atomic mass is 79.9. The van der Waals surface area contributed by atoms with Gasteiger partial charge in [-0.1, -0.05) is 6.04 Å². The Hall–Kier alpha value is -0.610. The molecule has 0 bridgehead atoms. The van der Waals surface area contributed by atoms with E-state index in [-0.39, 0.29) is 9.50 Å². The van der Waals surface area contributed by atoms with Crippen molar-refractivity contribution in [1.29, 1.82) is 0 Å². The second kappa shape index (κ2) is 3.64. The Bertz CT molecular complexity index is 675. The van der Waals surface area contributed by atoms with Gasteiger partial charge in [0, 0.05) is 28.6 Å². The van der Waals surface area contributed by atoms with Gasteiger partial charge >= 0.3 is 0 Å². The molecule has 0 radical (unpaired) electrons. The molecule has 0 saturated carbocycles. The van der Waals surface area contributed by atoms with Gasteiger partial charge in [-0.2, -0.15) is 0 Å². The van der Waals surface area contributed by atoms with E-state index in [1.165, 1.54) is 0 Å². The van der Waals surface area contributed by atoms with Gasteiger partial charge in [0.15, 0.2) is 0 Å². The highest BCUT2D eigenvalue weighted by Crippen LogP contribution is 2.16. The van der Waals surface area contributed by atoms with Crippen molar-refractivity contribution in [1.82, 2.24) is 9.88 Å². The van der Waals surface area contributed by atoms with Gasteiger partial charge in [0.05, 0.1) is 5.48 Å². The maximum absolute atomic E-state index is 8.00. The number of ether oxygens (including phenoxy) is 1. The lowest BCUT2D eigenvalue weighted by Crippen LogP contribution is -2.51. The van der Waals surface area contributed by atoms with Crippen LogP contribution in [0, 0.1) is 0 Å². The molecule has 1 saturated heterocycles. The number of rotatable bonds is 2. The number of nitrogens with zero attached hydrogens (tertiary/aromatic N) is 2. The molecule has 4 heteroatoms. The lowest BCUT2D eigenvalue weighted by Gasteiger charge is -2.35. The van der Waals surface area contributed by atoms with Gasteiger partial charge in [0.1, 0.15) is 10.7 Å². The van der Waals surface area contributed by atoms with E-state index in [9.17, 15) is 0 Å². The number of hydrogen-bond donors (Lipinski definition) is 0. The van der Waals surface area contributed by atoms with Gasteiger partial charge in [-0.3, -0.25) is 4.90 Å². The van der Waals surface area contributed by atoms with Crippen LogP contribution in [0.3, 0.4) is 0 Å². The predicted octanol–water partition coefficient (Wildman–Crippen LogP) is 1.54. The summed E-state index contributed by atoms with van der Waals surface area (Å²) in [5.41, 5.74) is 0. The van der Waals surface area contributed by atoms with Crippen LogP contribution < -0.4 is 4.74 Å². The van der Waals surface area contributed by atoms with Crippen molar-refractivity contribution >= 4 is 15.9 Å². The average Bonchev–Trinajstić information content (AvgIpc) is 2.39. The zero-order valence-electron chi connectivity index (χ0n) is 17.2. The fourth-order valence-corrected chi connectivity index (χ4v) is 0.935. The minimum Gasteiger partial charge on any atom is -0.472 e. The molecule has 1 aliphatic heterocycles. The van der Waals surface area contributed by atoms with E-state index in [0.717, 1.165) is 0 Å². The summed E-state index contributed by atoms with van der Waals surface area (Å²) in [6, 6.07) is -1.80.